The Hall–Kier alpha value is -1.43. The van der Waals surface area contributed by atoms with Gasteiger partial charge in [0.2, 0.25) is 0 Å². The van der Waals surface area contributed by atoms with Crippen LogP contribution in [0, 0.1) is 0 Å². The number of piperazine rings is 1. The SMILES string of the molecule is OC[C@@H]1O[C@H](CNC2CCOCC2)[C@H](N2CCN(c3cccc(C(F)(F)F)c3)CC2)[C@@H]1O. The molecule has 0 saturated carbocycles. The van der Waals surface area contributed by atoms with Crippen LogP contribution in [0.3, 0.4) is 0 Å². The number of aliphatic hydroxyl groups excluding tert-OH is 2. The monoisotopic (exact) mass is 459 g/mol. The largest absolute Gasteiger partial charge is 0.416 e. The summed E-state index contributed by atoms with van der Waals surface area (Å²) in [5.74, 6) is 0. The molecule has 3 heterocycles. The third-order valence-electron chi connectivity index (χ3n) is 6.74. The van der Waals surface area contributed by atoms with Crippen LogP contribution in [0.25, 0.3) is 0 Å². The predicted octanol–water partition coefficient (Wildman–Crippen LogP) is 1.09. The minimum Gasteiger partial charge on any atom is -0.394 e. The molecule has 0 aliphatic carbocycles. The van der Waals surface area contributed by atoms with Crippen LogP contribution in [0.1, 0.15) is 18.4 Å². The van der Waals surface area contributed by atoms with E-state index in [2.05, 4.69) is 10.2 Å². The Morgan fingerprint density at radius 2 is 1.78 bits per heavy atom. The summed E-state index contributed by atoms with van der Waals surface area (Å²) >= 11 is 0. The van der Waals surface area contributed by atoms with Gasteiger partial charge in [0.1, 0.15) is 12.2 Å². The van der Waals surface area contributed by atoms with Crippen molar-refractivity contribution in [1.82, 2.24) is 10.2 Å². The van der Waals surface area contributed by atoms with E-state index >= 15 is 0 Å². The zero-order chi connectivity index (χ0) is 22.7. The zero-order valence-corrected chi connectivity index (χ0v) is 18.0. The molecular formula is C22H32F3N3O4. The third kappa shape index (κ3) is 5.37. The number of ether oxygens (including phenoxy) is 2. The van der Waals surface area contributed by atoms with Gasteiger partial charge >= 0.3 is 6.18 Å². The van der Waals surface area contributed by atoms with E-state index in [0.717, 1.165) is 32.1 Å². The Bertz CT molecular complexity index is 739. The number of nitrogens with zero attached hydrogens (tertiary/aromatic N) is 2. The Balaban J connectivity index is 1.38. The smallest absolute Gasteiger partial charge is 0.394 e. The van der Waals surface area contributed by atoms with Crippen molar-refractivity contribution in [1.29, 1.82) is 0 Å². The maximum Gasteiger partial charge on any atom is 0.416 e. The predicted molar refractivity (Wildman–Crippen MR) is 113 cm³/mol. The molecule has 10 heteroatoms. The Morgan fingerprint density at radius 1 is 1.06 bits per heavy atom. The molecule has 0 bridgehead atoms. The number of rotatable bonds is 6. The third-order valence-corrected chi connectivity index (χ3v) is 6.74. The lowest BCUT2D eigenvalue weighted by Crippen LogP contribution is -2.57. The van der Waals surface area contributed by atoms with Crippen molar-refractivity contribution in [2.75, 3.05) is 57.4 Å². The van der Waals surface area contributed by atoms with E-state index in [1.54, 1.807) is 6.07 Å². The van der Waals surface area contributed by atoms with Gasteiger partial charge in [-0.2, -0.15) is 13.2 Å². The van der Waals surface area contributed by atoms with Gasteiger partial charge in [-0.3, -0.25) is 4.90 Å². The van der Waals surface area contributed by atoms with Crippen LogP contribution in [0.5, 0.6) is 0 Å². The van der Waals surface area contributed by atoms with Crippen LogP contribution in [0.2, 0.25) is 0 Å². The standard InChI is InChI=1S/C22H32F3N3O4/c23-22(24,25)15-2-1-3-17(12-15)27-6-8-28(9-7-27)20-18(32-19(14-29)21(20)30)13-26-16-4-10-31-11-5-16/h1-3,12,16,18-21,26,29-30H,4-11,13-14H2/t18-,19+,20+,21-/m1/s1. The molecule has 4 atom stereocenters. The molecule has 0 unspecified atom stereocenters. The minimum atomic E-state index is -4.37. The summed E-state index contributed by atoms with van der Waals surface area (Å²) in [6, 6.07) is 5.46. The Kier molecular flexibility index (Phi) is 7.58. The minimum absolute atomic E-state index is 0.254. The van der Waals surface area contributed by atoms with Crippen molar-refractivity contribution in [3.05, 3.63) is 29.8 Å². The first kappa shape index (κ1) is 23.7. The lowest BCUT2D eigenvalue weighted by atomic mass is 10.0. The lowest BCUT2D eigenvalue weighted by molar-refractivity contribution is -0.137. The highest BCUT2D eigenvalue weighted by Crippen LogP contribution is 2.32. The quantitative estimate of drug-likeness (QED) is 0.588. The summed E-state index contributed by atoms with van der Waals surface area (Å²) < 4.78 is 50.6. The van der Waals surface area contributed by atoms with Gasteiger partial charge in [0.25, 0.3) is 0 Å². The number of alkyl halides is 3. The number of aliphatic hydroxyl groups is 2. The molecule has 3 fully saturated rings. The summed E-state index contributed by atoms with van der Waals surface area (Å²) in [4.78, 5) is 4.08. The van der Waals surface area contributed by atoms with E-state index in [9.17, 15) is 23.4 Å². The Labute approximate surface area is 186 Å². The highest BCUT2D eigenvalue weighted by atomic mass is 19.4. The fraction of sp³-hybridized carbons (Fsp3) is 0.727. The molecule has 0 radical (unpaired) electrons. The van der Waals surface area contributed by atoms with Gasteiger partial charge in [-0.1, -0.05) is 6.07 Å². The fourth-order valence-corrected chi connectivity index (χ4v) is 4.94. The molecule has 1 aromatic rings. The van der Waals surface area contributed by atoms with E-state index in [-0.39, 0.29) is 18.8 Å². The van der Waals surface area contributed by atoms with Crippen LogP contribution in [0.15, 0.2) is 24.3 Å². The van der Waals surface area contributed by atoms with Crippen molar-refractivity contribution in [3.8, 4) is 0 Å². The molecule has 3 saturated heterocycles. The summed E-state index contributed by atoms with van der Waals surface area (Å²) in [6.07, 6.45) is -4.24. The number of benzene rings is 1. The second-order valence-corrected chi connectivity index (χ2v) is 8.74. The first-order valence-corrected chi connectivity index (χ1v) is 11.3. The molecule has 1 aromatic carbocycles. The molecule has 3 N–H and O–H groups in total. The number of hydrogen-bond donors (Lipinski definition) is 3. The topological polar surface area (TPSA) is 77.4 Å². The van der Waals surface area contributed by atoms with Gasteiger partial charge in [0.15, 0.2) is 0 Å². The van der Waals surface area contributed by atoms with Gasteiger partial charge < -0.3 is 29.9 Å². The molecular weight excluding hydrogens is 427 g/mol. The van der Waals surface area contributed by atoms with E-state index in [1.165, 1.54) is 12.1 Å². The number of hydrogen-bond acceptors (Lipinski definition) is 7. The maximum absolute atomic E-state index is 13.1. The normalized spacial score (nSPS) is 30.7. The van der Waals surface area contributed by atoms with Crippen molar-refractivity contribution in [2.24, 2.45) is 0 Å². The molecule has 0 amide bonds. The van der Waals surface area contributed by atoms with E-state index in [0.29, 0.717) is 44.5 Å². The van der Waals surface area contributed by atoms with Crippen LogP contribution >= 0.6 is 0 Å². The highest BCUT2D eigenvalue weighted by Gasteiger charge is 2.46. The molecule has 7 nitrogen and oxygen atoms in total. The molecule has 0 spiro atoms. The van der Waals surface area contributed by atoms with E-state index in [4.69, 9.17) is 9.47 Å². The highest BCUT2D eigenvalue weighted by molar-refractivity contribution is 5.49. The number of halogens is 3. The lowest BCUT2D eigenvalue weighted by Gasteiger charge is -2.41. The molecule has 3 aliphatic rings. The first-order valence-electron chi connectivity index (χ1n) is 11.3. The number of anilines is 1. The summed E-state index contributed by atoms with van der Waals surface area (Å²) in [7, 11) is 0. The molecule has 32 heavy (non-hydrogen) atoms. The van der Waals surface area contributed by atoms with Crippen molar-refractivity contribution < 1.29 is 32.9 Å². The van der Waals surface area contributed by atoms with Crippen molar-refractivity contribution >= 4 is 5.69 Å². The second-order valence-electron chi connectivity index (χ2n) is 8.74. The van der Waals surface area contributed by atoms with Gasteiger partial charge in [0, 0.05) is 57.7 Å². The average Bonchev–Trinajstić information content (AvgIpc) is 3.13. The van der Waals surface area contributed by atoms with E-state index in [1.807, 2.05) is 4.90 Å². The van der Waals surface area contributed by atoms with Gasteiger partial charge in [0.05, 0.1) is 24.3 Å². The maximum atomic E-state index is 13.1. The van der Waals surface area contributed by atoms with Crippen molar-refractivity contribution in [3.63, 3.8) is 0 Å². The fourth-order valence-electron chi connectivity index (χ4n) is 4.94. The van der Waals surface area contributed by atoms with Gasteiger partial charge in [-0.25, -0.2) is 0 Å². The Morgan fingerprint density at radius 3 is 2.44 bits per heavy atom. The molecule has 0 aromatic heterocycles. The molecule has 4 rings (SSSR count). The van der Waals surface area contributed by atoms with Crippen LogP contribution in [-0.2, 0) is 15.7 Å². The first-order chi connectivity index (χ1) is 15.4. The summed E-state index contributed by atoms with van der Waals surface area (Å²) in [6.45, 7) is 4.05. The zero-order valence-electron chi connectivity index (χ0n) is 18.0. The van der Waals surface area contributed by atoms with Crippen molar-refractivity contribution in [2.45, 2.75) is 49.4 Å². The molecule has 3 aliphatic heterocycles. The summed E-state index contributed by atoms with van der Waals surface area (Å²) in [5, 5.41) is 23.9. The van der Waals surface area contributed by atoms with Gasteiger partial charge in [-0.05, 0) is 31.0 Å². The van der Waals surface area contributed by atoms with Gasteiger partial charge in [-0.15, -0.1) is 0 Å². The van der Waals surface area contributed by atoms with E-state index < -0.39 is 23.9 Å². The molecule has 180 valence electrons. The number of nitrogens with one attached hydrogen (secondary N) is 1. The summed E-state index contributed by atoms with van der Waals surface area (Å²) in [5.41, 5.74) is -0.101. The second kappa shape index (κ2) is 10.2. The van der Waals surface area contributed by atoms with Crippen LogP contribution in [0.4, 0.5) is 18.9 Å². The average molecular weight is 460 g/mol. The van der Waals surface area contributed by atoms with Crippen LogP contribution in [-0.4, -0.2) is 98.1 Å². The van der Waals surface area contributed by atoms with Crippen LogP contribution < -0.4 is 10.2 Å².